The van der Waals surface area contributed by atoms with Gasteiger partial charge in [0.2, 0.25) is 5.95 Å². The fourth-order valence-electron chi connectivity index (χ4n) is 4.56. The van der Waals surface area contributed by atoms with Crippen LogP contribution in [0.1, 0.15) is 33.6 Å². The molecule has 2 aromatic carbocycles. The molecule has 0 aliphatic carbocycles. The van der Waals surface area contributed by atoms with E-state index in [1.165, 1.54) is 17.3 Å². The lowest BCUT2D eigenvalue weighted by Gasteiger charge is -2.34. The molecular formula is C29H37N5O3. The van der Waals surface area contributed by atoms with Crippen LogP contribution in [0.3, 0.4) is 0 Å². The van der Waals surface area contributed by atoms with Gasteiger partial charge in [-0.2, -0.15) is 0 Å². The highest BCUT2D eigenvalue weighted by Gasteiger charge is 2.21. The predicted molar refractivity (Wildman–Crippen MR) is 147 cm³/mol. The van der Waals surface area contributed by atoms with Gasteiger partial charge < -0.3 is 19.6 Å². The van der Waals surface area contributed by atoms with Crippen molar-refractivity contribution < 1.29 is 14.6 Å². The smallest absolute Gasteiger partial charge is 0.339 e. The third-order valence-corrected chi connectivity index (χ3v) is 7.06. The number of rotatable bonds is 11. The standard InChI is InChI=1S/C29H37N5O3/c1-22-9-7-13-27(23(22)2)37-20-19-33-15-17-34(18-16-33)29-30-21-25(28(35)36)26(31-29)12-8-14-32(3)24-10-5-4-6-11-24/h4-7,9-11,13,21H,8,12,14-20H2,1-3H3,(H,35,36). The normalized spacial score (nSPS) is 14.0. The summed E-state index contributed by atoms with van der Waals surface area (Å²) in [5.41, 5.74) is 4.36. The van der Waals surface area contributed by atoms with E-state index in [0.717, 1.165) is 57.1 Å². The molecule has 0 unspecified atom stereocenters. The number of carbonyl (C=O) groups is 1. The van der Waals surface area contributed by atoms with Gasteiger partial charge >= 0.3 is 5.97 Å². The predicted octanol–water partition coefficient (Wildman–Crippen LogP) is 4.06. The number of nitrogens with zero attached hydrogens (tertiary/aromatic N) is 5. The van der Waals surface area contributed by atoms with E-state index >= 15 is 0 Å². The summed E-state index contributed by atoms with van der Waals surface area (Å²) >= 11 is 0. The molecule has 4 rings (SSSR count). The Morgan fingerprint density at radius 1 is 1.05 bits per heavy atom. The molecule has 1 aliphatic rings. The number of carboxylic acid groups (broad SMARTS) is 1. The third kappa shape index (κ3) is 6.98. The second-order valence-electron chi connectivity index (χ2n) is 9.57. The summed E-state index contributed by atoms with van der Waals surface area (Å²) in [5.74, 6) is 0.586. The van der Waals surface area contributed by atoms with Crippen LogP contribution in [0.15, 0.2) is 54.7 Å². The van der Waals surface area contributed by atoms with Gasteiger partial charge in [0.1, 0.15) is 12.4 Å². The summed E-state index contributed by atoms with van der Waals surface area (Å²) in [5, 5.41) is 9.66. The first-order valence-electron chi connectivity index (χ1n) is 12.9. The molecule has 1 saturated heterocycles. The van der Waals surface area contributed by atoms with Crippen LogP contribution in [0.2, 0.25) is 0 Å². The molecular weight excluding hydrogens is 466 g/mol. The number of hydrogen-bond acceptors (Lipinski definition) is 7. The summed E-state index contributed by atoms with van der Waals surface area (Å²) in [7, 11) is 2.05. The number of piperazine rings is 1. The number of aromatic nitrogens is 2. The van der Waals surface area contributed by atoms with E-state index in [1.807, 2.05) is 37.4 Å². The molecule has 0 atom stereocenters. The number of benzene rings is 2. The van der Waals surface area contributed by atoms with Gasteiger partial charge in [0.15, 0.2) is 0 Å². The largest absolute Gasteiger partial charge is 0.492 e. The van der Waals surface area contributed by atoms with Crippen LogP contribution in [0.25, 0.3) is 0 Å². The van der Waals surface area contributed by atoms with Gasteiger partial charge in [0, 0.05) is 58.2 Å². The van der Waals surface area contributed by atoms with E-state index in [9.17, 15) is 9.90 Å². The number of aryl methyl sites for hydroxylation is 2. The molecule has 0 bridgehead atoms. The first-order valence-corrected chi connectivity index (χ1v) is 12.9. The molecule has 0 spiro atoms. The molecule has 1 N–H and O–H groups in total. The zero-order valence-electron chi connectivity index (χ0n) is 22.1. The summed E-state index contributed by atoms with van der Waals surface area (Å²) in [4.78, 5) is 27.6. The number of aromatic carboxylic acids is 1. The van der Waals surface area contributed by atoms with Crippen molar-refractivity contribution in [3.05, 3.63) is 77.1 Å². The molecule has 1 aliphatic heterocycles. The molecule has 196 valence electrons. The van der Waals surface area contributed by atoms with Gasteiger partial charge in [-0.15, -0.1) is 0 Å². The van der Waals surface area contributed by atoms with E-state index < -0.39 is 5.97 Å². The minimum absolute atomic E-state index is 0.188. The molecule has 2 heterocycles. The maximum absolute atomic E-state index is 11.8. The summed E-state index contributed by atoms with van der Waals surface area (Å²) < 4.78 is 6.03. The maximum atomic E-state index is 11.8. The Morgan fingerprint density at radius 2 is 1.81 bits per heavy atom. The lowest BCUT2D eigenvalue weighted by atomic mass is 10.1. The van der Waals surface area contributed by atoms with Crippen LogP contribution in [-0.2, 0) is 6.42 Å². The van der Waals surface area contributed by atoms with Gasteiger partial charge in [-0.3, -0.25) is 4.90 Å². The van der Waals surface area contributed by atoms with Gasteiger partial charge in [0.05, 0.1) is 11.3 Å². The van der Waals surface area contributed by atoms with Gasteiger partial charge in [-0.1, -0.05) is 30.3 Å². The second-order valence-corrected chi connectivity index (χ2v) is 9.57. The lowest BCUT2D eigenvalue weighted by Crippen LogP contribution is -2.48. The van der Waals surface area contributed by atoms with Gasteiger partial charge in [-0.05, 0) is 56.0 Å². The van der Waals surface area contributed by atoms with E-state index in [0.29, 0.717) is 24.7 Å². The lowest BCUT2D eigenvalue weighted by molar-refractivity contribution is 0.0694. The minimum Gasteiger partial charge on any atom is -0.492 e. The number of para-hydroxylation sites is 1. The summed E-state index contributed by atoms with van der Waals surface area (Å²) in [6.45, 7) is 9.88. The molecule has 1 aromatic heterocycles. The summed E-state index contributed by atoms with van der Waals surface area (Å²) in [6.07, 6.45) is 2.85. The van der Waals surface area contributed by atoms with Gasteiger partial charge in [-0.25, -0.2) is 14.8 Å². The Balaban J connectivity index is 1.29. The average molecular weight is 504 g/mol. The number of anilines is 2. The molecule has 0 saturated carbocycles. The van der Waals surface area contributed by atoms with E-state index in [2.05, 4.69) is 51.7 Å². The Labute approximate surface area is 219 Å². The zero-order chi connectivity index (χ0) is 26.2. The van der Waals surface area contributed by atoms with Crippen molar-refractivity contribution in [2.24, 2.45) is 0 Å². The van der Waals surface area contributed by atoms with Crippen LogP contribution in [-0.4, -0.2) is 78.9 Å². The van der Waals surface area contributed by atoms with Crippen LogP contribution >= 0.6 is 0 Å². The van der Waals surface area contributed by atoms with E-state index in [4.69, 9.17) is 9.72 Å². The highest BCUT2D eigenvalue weighted by molar-refractivity contribution is 5.88. The molecule has 3 aromatic rings. The van der Waals surface area contributed by atoms with Crippen molar-refractivity contribution in [2.45, 2.75) is 26.7 Å². The molecule has 8 heteroatoms. The van der Waals surface area contributed by atoms with Crippen LogP contribution in [0, 0.1) is 13.8 Å². The zero-order valence-corrected chi connectivity index (χ0v) is 22.1. The highest BCUT2D eigenvalue weighted by Crippen LogP contribution is 2.21. The molecule has 0 radical (unpaired) electrons. The molecule has 0 amide bonds. The topological polar surface area (TPSA) is 82.0 Å². The molecule has 8 nitrogen and oxygen atoms in total. The fraction of sp³-hybridized carbons (Fsp3) is 0.414. The summed E-state index contributed by atoms with van der Waals surface area (Å²) in [6, 6.07) is 16.3. The van der Waals surface area contributed by atoms with Crippen molar-refractivity contribution >= 4 is 17.6 Å². The monoisotopic (exact) mass is 503 g/mol. The number of hydrogen-bond donors (Lipinski definition) is 1. The van der Waals surface area contributed by atoms with E-state index in [-0.39, 0.29) is 5.56 Å². The van der Waals surface area contributed by atoms with Crippen LogP contribution in [0.4, 0.5) is 11.6 Å². The SMILES string of the molecule is Cc1cccc(OCCN2CCN(c3ncc(C(=O)O)c(CCCN(C)c4ccccc4)n3)CC2)c1C. The minimum atomic E-state index is -0.980. The maximum Gasteiger partial charge on any atom is 0.339 e. The molecule has 1 fully saturated rings. The quantitative estimate of drug-likeness (QED) is 0.420. The van der Waals surface area contributed by atoms with Crippen molar-refractivity contribution in [2.75, 3.05) is 62.7 Å². The fourth-order valence-corrected chi connectivity index (χ4v) is 4.56. The number of ether oxygens (including phenoxy) is 1. The highest BCUT2D eigenvalue weighted by atomic mass is 16.5. The molecule has 37 heavy (non-hydrogen) atoms. The Morgan fingerprint density at radius 3 is 2.54 bits per heavy atom. The number of carboxylic acids is 1. The van der Waals surface area contributed by atoms with Crippen molar-refractivity contribution in [3.8, 4) is 5.75 Å². The third-order valence-electron chi connectivity index (χ3n) is 7.06. The van der Waals surface area contributed by atoms with Gasteiger partial charge in [0.25, 0.3) is 0 Å². The van der Waals surface area contributed by atoms with Crippen LogP contribution < -0.4 is 14.5 Å². The van der Waals surface area contributed by atoms with Crippen molar-refractivity contribution in [3.63, 3.8) is 0 Å². The first-order chi connectivity index (χ1) is 17.9. The van der Waals surface area contributed by atoms with Crippen molar-refractivity contribution in [1.29, 1.82) is 0 Å². The Kier molecular flexibility index (Phi) is 8.95. The Hall–Kier alpha value is -3.65. The van der Waals surface area contributed by atoms with Crippen molar-refractivity contribution in [1.82, 2.24) is 14.9 Å². The van der Waals surface area contributed by atoms with E-state index in [1.54, 1.807) is 0 Å². The average Bonchev–Trinajstić information content (AvgIpc) is 2.91. The second kappa shape index (κ2) is 12.5. The first kappa shape index (κ1) is 26.4. The van der Waals surface area contributed by atoms with Crippen LogP contribution in [0.5, 0.6) is 5.75 Å². The Bertz CT molecular complexity index is 1180.